The first-order valence-electron chi connectivity index (χ1n) is 15.8. The van der Waals surface area contributed by atoms with Crippen LogP contribution in [0.3, 0.4) is 0 Å². The first-order chi connectivity index (χ1) is 21.4. The molecule has 1 fully saturated rings. The molecule has 8 atom stereocenters. The van der Waals surface area contributed by atoms with Crippen LogP contribution in [0.2, 0.25) is 0 Å². The zero-order valence-electron chi connectivity index (χ0n) is 26.2. The van der Waals surface area contributed by atoms with Crippen molar-refractivity contribution in [2.45, 2.75) is 68.2 Å². The third-order valence-electron chi connectivity index (χ3n) is 10.8. The van der Waals surface area contributed by atoms with Crippen molar-refractivity contribution in [1.82, 2.24) is 0 Å². The first kappa shape index (κ1) is 31.6. The summed E-state index contributed by atoms with van der Waals surface area (Å²) in [6, 6.07) is 29.9. The van der Waals surface area contributed by atoms with Crippen molar-refractivity contribution in [3.05, 3.63) is 143 Å². The van der Waals surface area contributed by atoms with E-state index in [4.69, 9.17) is 4.74 Å². The number of hydrogen-bond donors (Lipinski definition) is 5. The average Bonchev–Trinajstić information content (AvgIpc) is 3.21. The molecule has 5 N–H and O–H groups in total. The molecule has 6 rings (SSSR count). The summed E-state index contributed by atoms with van der Waals surface area (Å²) >= 11 is 0. The molecule has 0 aliphatic heterocycles. The van der Waals surface area contributed by atoms with Crippen LogP contribution in [-0.4, -0.2) is 61.2 Å². The van der Waals surface area contributed by atoms with Crippen LogP contribution >= 0.6 is 0 Å². The van der Waals surface area contributed by atoms with E-state index in [0.717, 1.165) is 16.7 Å². The van der Waals surface area contributed by atoms with Gasteiger partial charge >= 0.3 is 0 Å². The molecule has 45 heavy (non-hydrogen) atoms. The molecule has 0 radical (unpaired) electrons. The van der Waals surface area contributed by atoms with Crippen LogP contribution in [-0.2, 0) is 10.3 Å². The molecule has 1 saturated carbocycles. The Balaban J connectivity index is 1.51. The molecule has 6 heteroatoms. The maximum absolute atomic E-state index is 12.6. The van der Waals surface area contributed by atoms with Gasteiger partial charge in [0.15, 0.2) is 0 Å². The SMILES string of the molecule is C=C(C)C1(O)C[C@@H](C)[C@]2(O)[C@@H]3C=C(C)[C@H](O)[C@@]3(O)CC(COC(c3ccccc3)(c3ccccc3)c3ccccc3)=C[C@H]2C1O. The highest BCUT2D eigenvalue weighted by molar-refractivity contribution is 5.48. The number of aliphatic hydroxyl groups excluding tert-OH is 2. The summed E-state index contributed by atoms with van der Waals surface area (Å²) in [4.78, 5) is 0. The Morgan fingerprint density at radius 3 is 1.80 bits per heavy atom. The molecule has 0 aromatic heterocycles. The lowest BCUT2D eigenvalue weighted by molar-refractivity contribution is -0.231. The summed E-state index contributed by atoms with van der Waals surface area (Å²) in [6.07, 6.45) is 0.956. The molecule has 0 bridgehead atoms. The number of hydrogen-bond acceptors (Lipinski definition) is 6. The zero-order chi connectivity index (χ0) is 32.2. The van der Waals surface area contributed by atoms with Gasteiger partial charge in [0, 0.05) is 18.3 Å². The molecule has 0 saturated heterocycles. The molecule has 3 aliphatic carbocycles. The van der Waals surface area contributed by atoms with Gasteiger partial charge in [-0.3, -0.25) is 0 Å². The van der Waals surface area contributed by atoms with Gasteiger partial charge in [-0.05, 0) is 59.6 Å². The Hall–Kier alpha value is -3.36. The quantitative estimate of drug-likeness (QED) is 0.190. The fourth-order valence-corrected chi connectivity index (χ4v) is 8.34. The number of benzene rings is 3. The fourth-order valence-electron chi connectivity index (χ4n) is 8.34. The van der Waals surface area contributed by atoms with E-state index in [1.54, 1.807) is 26.0 Å². The van der Waals surface area contributed by atoms with Crippen LogP contribution < -0.4 is 0 Å². The third kappa shape index (κ3) is 4.78. The minimum absolute atomic E-state index is 0.00483. The molecule has 6 nitrogen and oxygen atoms in total. The monoisotopic (exact) mass is 608 g/mol. The highest BCUT2D eigenvalue weighted by atomic mass is 16.5. The molecule has 0 heterocycles. The summed E-state index contributed by atoms with van der Waals surface area (Å²) in [7, 11) is 0. The minimum atomic E-state index is -1.75. The van der Waals surface area contributed by atoms with Crippen LogP contribution in [0, 0.1) is 17.8 Å². The number of aliphatic hydroxyl groups is 5. The Kier molecular flexibility index (Phi) is 8.05. The lowest BCUT2D eigenvalue weighted by atomic mass is 9.55. The van der Waals surface area contributed by atoms with Crippen molar-refractivity contribution in [2.24, 2.45) is 17.8 Å². The second-order valence-electron chi connectivity index (χ2n) is 13.5. The van der Waals surface area contributed by atoms with Crippen molar-refractivity contribution in [2.75, 3.05) is 6.61 Å². The third-order valence-corrected chi connectivity index (χ3v) is 10.8. The van der Waals surface area contributed by atoms with E-state index >= 15 is 0 Å². The van der Waals surface area contributed by atoms with Gasteiger partial charge < -0.3 is 30.3 Å². The lowest BCUT2D eigenvalue weighted by Crippen LogP contribution is -2.68. The molecule has 0 spiro atoms. The predicted octanol–water partition coefficient (Wildman–Crippen LogP) is 5.05. The van der Waals surface area contributed by atoms with Gasteiger partial charge in [0.2, 0.25) is 0 Å². The van der Waals surface area contributed by atoms with E-state index < -0.39 is 52.4 Å². The minimum Gasteiger partial charge on any atom is -0.389 e. The molecule has 236 valence electrons. The molecule has 3 aromatic rings. The standard InChI is InChI=1S/C39H44O6/c1-25(2)36(42)22-27(4)38(44)32(35(36)41)21-28(23-37(43)33(38)20-26(3)34(37)40)24-45-39(29-14-8-5-9-15-29,30-16-10-6-11-17-30)31-18-12-7-13-19-31/h5-21,27,32-35,40-44H,1,22-24H2,2-4H3/t27-,32+,33-,34+,35?,36?,37-,38-/m1/s1. The summed E-state index contributed by atoms with van der Waals surface area (Å²) in [5.41, 5.74) is -1.79. The number of ether oxygens (including phenoxy) is 1. The van der Waals surface area contributed by atoms with Gasteiger partial charge in [-0.25, -0.2) is 0 Å². The molecular formula is C39H44O6. The van der Waals surface area contributed by atoms with Crippen LogP contribution in [0.15, 0.2) is 126 Å². The van der Waals surface area contributed by atoms with Crippen LogP contribution in [0.4, 0.5) is 0 Å². The normalized spacial score (nSPS) is 34.6. The highest BCUT2D eigenvalue weighted by Crippen LogP contribution is 2.58. The van der Waals surface area contributed by atoms with Crippen molar-refractivity contribution in [3.63, 3.8) is 0 Å². The van der Waals surface area contributed by atoms with E-state index in [1.165, 1.54) is 0 Å². The van der Waals surface area contributed by atoms with Crippen molar-refractivity contribution >= 4 is 0 Å². The maximum Gasteiger partial charge on any atom is 0.144 e. The topological polar surface area (TPSA) is 110 Å². The molecule has 0 amide bonds. The first-order valence-corrected chi connectivity index (χ1v) is 15.8. The average molecular weight is 609 g/mol. The maximum atomic E-state index is 12.6. The molecule has 3 aliphatic rings. The van der Waals surface area contributed by atoms with E-state index in [0.29, 0.717) is 16.7 Å². The Labute approximate surface area is 265 Å². The smallest absolute Gasteiger partial charge is 0.144 e. The summed E-state index contributed by atoms with van der Waals surface area (Å²) in [6.45, 7) is 9.23. The number of rotatable bonds is 7. The predicted molar refractivity (Wildman–Crippen MR) is 174 cm³/mol. The van der Waals surface area contributed by atoms with Gasteiger partial charge in [-0.15, -0.1) is 0 Å². The van der Waals surface area contributed by atoms with Gasteiger partial charge in [-0.1, -0.05) is 117 Å². The van der Waals surface area contributed by atoms with Gasteiger partial charge in [0.05, 0.1) is 18.3 Å². The van der Waals surface area contributed by atoms with Gasteiger partial charge in [0.1, 0.15) is 22.9 Å². The lowest BCUT2D eigenvalue weighted by Gasteiger charge is -2.56. The Morgan fingerprint density at radius 2 is 1.33 bits per heavy atom. The highest BCUT2D eigenvalue weighted by Gasteiger charge is 2.67. The summed E-state index contributed by atoms with van der Waals surface area (Å²) in [5.74, 6) is -2.42. The van der Waals surface area contributed by atoms with E-state index in [-0.39, 0.29) is 19.4 Å². The largest absolute Gasteiger partial charge is 0.389 e. The molecule has 2 unspecified atom stereocenters. The Morgan fingerprint density at radius 1 is 0.844 bits per heavy atom. The van der Waals surface area contributed by atoms with Crippen LogP contribution in [0.5, 0.6) is 0 Å². The van der Waals surface area contributed by atoms with Crippen molar-refractivity contribution < 1.29 is 30.3 Å². The van der Waals surface area contributed by atoms with E-state index in [2.05, 4.69) is 6.58 Å². The fraction of sp³-hybridized carbons (Fsp3) is 0.385. The van der Waals surface area contributed by atoms with E-state index in [1.807, 2.05) is 97.9 Å². The van der Waals surface area contributed by atoms with Crippen LogP contribution in [0.25, 0.3) is 0 Å². The number of fused-ring (bicyclic) bond motifs is 3. The van der Waals surface area contributed by atoms with Crippen LogP contribution in [0.1, 0.15) is 50.3 Å². The molecular weight excluding hydrogens is 564 g/mol. The Bertz CT molecular complexity index is 1500. The van der Waals surface area contributed by atoms with E-state index in [9.17, 15) is 25.5 Å². The van der Waals surface area contributed by atoms with Crippen molar-refractivity contribution in [1.29, 1.82) is 0 Å². The summed E-state index contributed by atoms with van der Waals surface area (Å²) in [5, 5.41) is 59.7. The zero-order valence-corrected chi connectivity index (χ0v) is 26.2. The summed E-state index contributed by atoms with van der Waals surface area (Å²) < 4.78 is 7.09. The molecule has 3 aromatic carbocycles. The second kappa shape index (κ2) is 11.5. The van der Waals surface area contributed by atoms with Gasteiger partial charge in [-0.2, -0.15) is 0 Å². The second-order valence-corrected chi connectivity index (χ2v) is 13.5. The van der Waals surface area contributed by atoms with Gasteiger partial charge in [0.25, 0.3) is 0 Å². The van der Waals surface area contributed by atoms with Crippen molar-refractivity contribution in [3.8, 4) is 0 Å².